The second-order valence-electron chi connectivity index (χ2n) is 7.19. The Morgan fingerprint density at radius 1 is 1.08 bits per heavy atom. The molecule has 25 heavy (non-hydrogen) atoms. The highest BCUT2D eigenvalue weighted by Crippen LogP contribution is 2.33. The van der Waals surface area contributed by atoms with Crippen LogP contribution in [-0.2, 0) is 16.3 Å². The van der Waals surface area contributed by atoms with Crippen LogP contribution in [0, 0.1) is 0 Å². The minimum absolute atomic E-state index is 0.369. The molecule has 5 heteroatoms. The third-order valence-electron chi connectivity index (χ3n) is 4.92. The number of sulfone groups is 1. The van der Waals surface area contributed by atoms with Crippen molar-refractivity contribution in [2.45, 2.75) is 43.4 Å². The summed E-state index contributed by atoms with van der Waals surface area (Å²) in [5.41, 5.74) is 5.36. The van der Waals surface area contributed by atoms with Crippen LogP contribution < -0.4 is 0 Å². The number of rotatable bonds is 4. The standard InChI is InChI=1S/C20H26N2O2S/c1-22(2)20-17(13-18(14-21-20)16-6-4-5-7-16)12-15-8-10-19(11-9-15)25(3,23)24/h8-11,14H,4-7,12-13H2,1-3H3. The van der Waals surface area contributed by atoms with E-state index in [9.17, 15) is 8.42 Å². The van der Waals surface area contributed by atoms with Crippen molar-refractivity contribution < 1.29 is 8.42 Å². The Hall–Kier alpha value is -1.88. The van der Waals surface area contributed by atoms with E-state index < -0.39 is 9.84 Å². The number of hydrogen-bond donors (Lipinski definition) is 0. The maximum Gasteiger partial charge on any atom is 0.175 e. The number of nitrogens with zero attached hydrogens (tertiary/aromatic N) is 2. The van der Waals surface area contributed by atoms with E-state index in [4.69, 9.17) is 4.99 Å². The molecule has 0 amide bonds. The molecule has 1 aliphatic carbocycles. The molecule has 1 aromatic rings. The number of aliphatic imine (C=N–C) groups is 1. The Balaban J connectivity index is 1.87. The van der Waals surface area contributed by atoms with Gasteiger partial charge in [-0.1, -0.05) is 17.7 Å². The van der Waals surface area contributed by atoms with Crippen LogP contribution in [0.3, 0.4) is 0 Å². The van der Waals surface area contributed by atoms with E-state index in [2.05, 4.69) is 4.90 Å². The summed E-state index contributed by atoms with van der Waals surface area (Å²) in [4.78, 5) is 7.15. The summed E-state index contributed by atoms with van der Waals surface area (Å²) in [6, 6.07) is 7.22. The van der Waals surface area contributed by atoms with Gasteiger partial charge in [-0.25, -0.2) is 13.4 Å². The molecule has 0 radical (unpaired) electrons. The highest BCUT2D eigenvalue weighted by molar-refractivity contribution is 7.90. The van der Waals surface area contributed by atoms with Gasteiger partial charge in [-0.05, 0) is 67.4 Å². The first-order chi connectivity index (χ1) is 11.8. The van der Waals surface area contributed by atoms with Gasteiger partial charge in [-0.15, -0.1) is 0 Å². The average molecular weight is 359 g/mol. The fourth-order valence-electron chi connectivity index (χ4n) is 3.60. The SMILES string of the molecule is CN(C)C1=C(Cc2ccc(S(C)(=O)=O)cc2)CC(=C2CCCC2)C=N1. The molecule has 0 unspecified atom stereocenters. The predicted molar refractivity (Wildman–Crippen MR) is 103 cm³/mol. The molecule has 0 saturated heterocycles. The summed E-state index contributed by atoms with van der Waals surface area (Å²) < 4.78 is 23.2. The van der Waals surface area contributed by atoms with Crippen molar-refractivity contribution in [1.29, 1.82) is 0 Å². The molecule has 0 spiro atoms. The molecule has 134 valence electrons. The van der Waals surface area contributed by atoms with Crippen molar-refractivity contribution in [3.8, 4) is 0 Å². The Kier molecular flexibility index (Phi) is 5.13. The van der Waals surface area contributed by atoms with Crippen molar-refractivity contribution in [3.05, 3.63) is 52.4 Å². The van der Waals surface area contributed by atoms with Gasteiger partial charge in [0.25, 0.3) is 0 Å². The molecule has 0 bridgehead atoms. The molecule has 1 aromatic carbocycles. The highest BCUT2D eigenvalue weighted by atomic mass is 32.2. The van der Waals surface area contributed by atoms with E-state index in [0.29, 0.717) is 4.90 Å². The molecular weight excluding hydrogens is 332 g/mol. The molecule has 0 N–H and O–H groups in total. The minimum Gasteiger partial charge on any atom is -0.363 e. The first-order valence-corrected chi connectivity index (χ1v) is 10.7. The molecule has 3 rings (SSSR count). The van der Waals surface area contributed by atoms with Crippen LogP contribution >= 0.6 is 0 Å². The highest BCUT2D eigenvalue weighted by Gasteiger charge is 2.19. The molecule has 0 atom stereocenters. The number of allylic oxidation sites excluding steroid dienone is 3. The second-order valence-corrected chi connectivity index (χ2v) is 9.20. The Bertz CT molecular complexity index is 836. The van der Waals surface area contributed by atoms with Gasteiger partial charge in [0.1, 0.15) is 5.82 Å². The molecule has 1 saturated carbocycles. The van der Waals surface area contributed by atoms with Crippen molar-refractivity contribution in [2.24, 2.45) is 4.99 Å². The van der Waals surface area contributed by atoms with Gasteiger partial charge in [0.15, 0.2) is 9.84 Å². The lowest BCUT2D eigenvalue weighted by atomic mass is 9.93. The van der Waals surface area contributed by atoms with Crippen LogP contribution in [-0.4, -0.2) is 39.9 Å². The maximum atomic E-state index is 11.6. The quantitative estimate of drug-likeness (QED) is 0.823. The maximum absolute atomic E-state index is 11.6. The zero-order valence-corrected chi connectivity index (χ0v) is 16.1. The Labute approximate surface area is 150 Å². The zero-order valence-electron chi connectivity index (χ0n) is 15.2. The first kappa shape index (κ1) is 17.9. The van der Waals surface area contributed by atoms with E-state index in [1.54, 1.807) is 17.7 Å². The van der Waals surface area contributed by atoms with Crippen molar-refractivity contribution in [1.82, 2.24) is 4.90 Å². The van der Waals surface area contributed by atoms with Crippen molar-refractivity contribution in [2.75, 3.05) is 20.4 Å². The zero-order chi connectivity index (χ0) is 18.0. The third kappa shape index (κ3) is 4.21. The van der Waals surface area contributed by atoms with E-state index in [1.807, 2.05) is 32.4 Å². The largest absolute Gasteiger partial charge is 0.363 e. The number of hydrogen-bond acceptors (Lipinski definition) is 4. The van der Waals surface area contributed by atoms with Crippen LogP contribution in [0.5, 0.6) is 0 Å². The van der Waals surface area contributed by atoms with Crippen LogP contribution in [0.15, 0.2) is 56.7 Å². The summed E-state index contributed by atoms with van der Waals surface area (Å²) in [6.45, 7) is 0. The van der Waals surface area contributed by atoms with Gasteiger partial charge >= 0.3 is 0 Å². The van der Waals surface area contributed by atoms with Crippen LogP contribution in [0.25, 0.3) is 0 Å². The van der Waals surface area contributed by atoms with Crippen molar-refractivity contribution in [3.63, 3.8) is 0 Å². The lowest BCUT2D eigenvalue weighted by Crippen LogP contribution is -2.17. The second kappa shape index (κ2) is 7.16. The fraction of sp³-hybridized carbons (Fsp3) is 0.450. The first-order valence-electron chi connectivity index (χ1n) is 8.78. The summed E-state index contributed by atoms with van der Waals surface area (Å²) >= 11 is 0. The third-order valence-corrected chi connectivity index (χ3v) is 6.05. The minimum atomic E-state index is -3.15. The van der Waals surface area contributed by atoms with Gasteiger partial charge in [0.2, 0.25) is 0 Å². The molecule has 0 aromatic heterocycles. The van der Waals surface area contributed by atoms with Gasteiger partial charge in [-0.3, -0.25) is 0 Å². The molecule has 2 aliphatic rings. The van der Waals surface area contributed by atoms with Gasteiger partial charge in [0, 0.05) is 26.6 Å². The van der Waals surface area contributed by atoms with Gasteiger partial charge in [0.05, 0.1) is 4.90 Å². The van der Waals surface area contributed by atoms with Crippen LogP contribution in [0.1, 0.15) is 37.7 Å². The molecule has 4 nitrogen and oxygen atoms in total. The van der Waals surface area contributed by atoms with Crippen molar-refractivity contribution >= 4 is 16.1 Å². The molecule has 1 aliphatic heterocycles. The fourth-order valence-corrected chi connectivity index (χ4v) is 4.23. The topological polar surface area (TPSA) is 49.7 Å². The summed E-state index contributed by atoms with van der Waals surface area (Å²) in [7, 11) is 0.894. The lowest BCUT2D eigenvalue weighted by Gasteiger charge is -2.23. The predicted octanol–water partition coefficient (Wildman–Crippen LogP) is 3.75. The number of benzene rings is 1. The summed E-state index contributed by atoms with van der Waals surface area (Å²) in [5, 5.41) is 0. The smallest absolute Gasteiger partial charge is 0.175 e. The molecule has 1 heterocycles. The average Bonchev–Trinajstić information content (AvgIpc) is 3.08. The van der Waals surface area contributed by atoms with E-state index in [1.165, 1.54) is 43.1 Å². The Morgan fingerprint density at radius 3 is 2.28 bits per heavy atom. The molecular formula is C20H26N2O2S. The normalized spacial score (nSPS) is 18.2. The van der Waals surface area contributed by atoms with Gasteiger partial charge in [-0.2, -0.15) is 0 Å². The molecule has 1 fully saturated rings. The van der Waals surface area contributed by atoms with E-state index >= 15 is 0 Å². The lowest BCUT2D eigenvalue weighted by molar-refractivity contribution is 0.494. The van der Waals surface area contributed by atoms with Crippen LogP contribution in [0.4, 0.5) is 0 Å². The summed E-state index contributed by atoms with van der Waals surface area (Å²) in [6.07, 6.45) is 10.0. The van der Waals surface area contributed by atoms with E-state index in [-0.39, 0.29) is 0 Å². The van der Waals surface area contributed by atoms with Gasteiger partial charge < -0.3 is 4.90 Å². The Morgan fingerprint density at radius 2 is 1.72 bits per heavy atom. The summed E-state index contributed by atoms with van der Waals surface area (Å²) in [5.74, 6) is 1.02. The van der Waals surface area contributed by atoms with Crippen LogP contribution in [0.2, 0.25) is 0 Å². The van der Waals surface area contributed by atoms with E-state index in [0.717, 1.165) is 24.2 Å². The monoisotopic (exact) mass is 358 g/mol.